The van der Waals surface area contributed by atoms with Crippen LogP contribution in [0.5, 0.6) is 0 Å². The number of hydrogen-bond acceptors (Lipinski definition) is 3. The summed E-state index contributed by atoms with van der Waals surface area (Å²) < 4.78 is 1.03. The summed E-state index contributed by atoms with van der Waals surface area (Å²) in [7, 11) is 0. The number of nitrogens with two attached hydrogens (primary N) is 2. The van der Waals surface area contributed by atoms with E-state index in [4.69, 9.17) is 11.5 Å². The number of fused-ring (bicyclic) bond motifs is 1. The zero-order valence-corrected chi connectivity index (χ0v) is 9.74. The van der Waals surface area contributed by atoms with Gasteiger partial charge in [0, 0.05) is 28.6 Å². The van der Waals surface area contributed by atoms with Gasteiger partial charge in [0.05, 0.1) is 5.52 Å². The topological polar surface area (TPSA) is 64.9 Å². The number of rotatable bonds is 2. The molecule has 15 heavy (non-hydrogen) atoms. The first-order valence-corrected chi connectivity index (χ1v) is 5.52. The van der Waals surface area contributed by atoms with Gasteiger partial charge >= 0.3 is 0 Å². The third kappa shape index (κ3) is 1.88. The molecule has 0 aliphatic rings. The summed E-state index contributed by atoms with van der Waals surface area (Å²) in [6.45, 7) is 0.424. The van der Waals surface area contributed by atoms with Crippen LogP contribution in [0.15, 0.2) is 34.9 Å². The molecule has 0 bridgehead atoms. The van der Waals surface area contributed by atoms with Gasteiger partial charge in [0.25, 0.3) is 0 Å². The number of nitrogens with zero attached hydrogens (tertiary/aromatic N) is 1. The summed E-state index contributed by atoms with van der Waals surface area (Å²) in [4.78, 5) is 4.35. The molecule has 1 heterocycles. The van der Waals surface area contributed by atoms with Crippen molar-refractivity contribution in [2.75, 3.05) is 6.54 Å². The summed E-state index contributed by atoms with van der Waals surface area (Å²) in [5.74, 6) is 0. The van der Waals surface area contributed by atoms with Crippen molar-refractivity contribution in [3.8, 4) is 0 Å². The Hall–Kier alpha value is -0.970. The number of hydrogen-bond donors (Lipinski definition) is 2. The third-order valence-corrected chi connectivity index (χ3v) is 3.09. The van der Waals surface area contributed by atoms with Gasteiger partial charge in [0.2, 0.25) is 0 Å². The van der Waals surface area contributed by atoms with Crippen LogP contribution in [0, 0.1) is 0 Å². The highest BCUT2D eigenvalue weighted by Gasteiger charge is 2.10. The van der Waals surface area contributed by atoms with Crippen molar-refractivity contribution < 1.29 is 0 Å². The largest absolute Gasteiger partial charge is 0.329 e. The van der Waals surface area contributed by atoms with Crippen LogP contribution in [-0.4, -0.2) is 11.5 Å². The average molecular weight is 266 g/mol. The number of pyridine rings is 1. The average Bonchev–Trinajstić information content (AvgIpc) is 2.29. The predicted molar refractivity (Wildman–Crippen MR) is 65.4 cm³/mol. The van der Waals surface area contributed by atoms with Crippen molar-refractivity contribution in [1.29, 1.82) is 0 Å². The smallest absolute Gasteiger partial charge is 0.0761 e. The lowest BCUT2D eigenvalue weighted by molar-refractivity contribution is 0.741. The molecule has 4 heteroatoms. The van der Waals surface area contributed by atoms with E-state index in [-0.39, 0.29) is 6.04 Å². The van der Waals surface area contributed by atoms with Crippen LogP contribution in [0.1, 0.15) is 11.6 Å². The van der Waals surface area contributed by atoms with Gasteiger partial charge in [-0.2, -0.15) is 0 Å². The SMILES string of the molecule is NCC(N)c1ccc(Br)c2cccnc12. The van der Waals surface area contributed by atoms with Crippen molar-refractivity contribution in [2.24, 2.45) is 11.5 Å². The Balaban J connectivity index is 2.71. The molecule has 0 saturated heterocycles. The molecule has 1 aromatic carbocycles. The van der Waals surface area contributed by atoms with Gasteiger partial charge in [-0.25, -0.2) is 0 Å². The molecule has 1 unspecified atom stereocenters. The maximum Gasteiger partial charge on any atom is 0.0761 e. The van der Waals surface area contributed by atoms with E-state index in [1.807, 2.05) is 24.3 Å². The maximum atomic E-state index is 5.93. The summed E-state index contributed by atoms with van der Waals surface area (Å²) in [5.41, 5.74) is 13.4. The molecule has 0 amide bonds. The first-order chi connectivity index (χ1) is 7.24. The summed E-state index contributed by atoms with van der Waals surface area (Å²) in [6, 6.07) is 7.71. The molecule has 78 valence electrons. The van der Waals surface area contributed by atoms with Crippen molar-refractivity contribution in [1.82, 2.24) is 4.98 Å². The minimum atomic E-state index is -0.157. The second-order valence-corrected chi connectivity index (χ2v) is 4.23. The number of aromatic nitrogens is 1. The molecule has 4 N–H and O–H groups in total. The lowest BCUT2D eigenvalue weighted by Gasteiger charge is -2.12. The van der Waals surface area contributed by atoms with E-state index in [1.54, 1.807) is 6.20 Å². The first kappa shape index (κ1) is 10.5. The van der Waals surface area contributed by atoms with Crippen LogP contribution in [0.3, 0.4) is 0 Å². The van der Waals surface area contributed by atoms with Gasteiger partial charge in [-0.05, 0) is 17.7 Å². The molecule has 2 rings (SSSR count). The van der Waals surface area contributed by atoms with Crippen molar-refractivity contribution in [2.45, 2.75) is 6.04 Å². The van der Waals surface area contributed by atoms with Crippen LogP contribution in [-0.2, 0) is 0 Å². The van der Waals surface area contributed by atoms with Gasteiger partial charge in [0.1, 0.15) is 0 Å². The minimum absolute atomic E-state index is 0.157. The first-order valence-electron chi connectivity index (χ1n) is 4.73. The Morgan fingerprint density at radius 1 is 1.33 bits per heavy atom. The van der Waals surface area contributed by atoms with Crippen LogP contribution >= 0.6 is 15.9 Å². The van der Waals surface area contributed by atoms with Crippen LogP contribution in [0.4, 0.5) is 0 Å². The van der Waals surface area contributed by atoms with E-state index in [9.17, 15) is 0 Å². The Bertz CT molecular complexity index is 484. The van der Waals surface area contributed by atoms with E-state index in [1.165, 1.54) is 0 Å². The lowest BCUT2D eigenvalue weighted by Crippen LogP contribution is -2.21. The van der Waals surface area contributed by atoms with Crippen LogP contribution in [0.25, 0.3) is 10.9 Å². The van der Waals surface area contributed by atoms with Gasteiger partial charge in [0.15, 0.2) is 0 Å². The molecule has 0 saturated carbocycles. The third-order valence-electron chi connectivity index (χ3n) is 2.40. The van der Waals surface area contributed by atoms with Crippen LogP contribution < -0.4 is 11.5 Å². The molecule has 1 atom stereocenters. The highest BCUT2D eigenvalue weighted by molar-refractivity contribution is 9.10. The summed E-state index contributed by atoms with van der Waals surface area (Å²) >= 11 is 3.49. The zero-order valence-electron chi connectivity index (χ0n) is 8.15. The van der Waals surface area contributed by atoms with Gasteiger partial charge in [-0.1, -0.05) is 28.1 Å². The predicted octanol–water partition coefficient (Wildman–Crippen LogP) is 1.96. The Labute approximate surface area is 96.6 Å². The van der Waals surface area contributed by atoms with Crippen molar-refractivity contribution in [3.05, 3.63) is 40.5 Å². The molecule has 0 aliphatic heterocycles. The Morgan fingerprint density at radius 2 is 2.13 bits per heavy atom. The van der Waals surface area contributed by atoms with Crippen molar-refractivity contribution >= 4 is 26.8 Å². The molecule has 2 aromatic rings. The maximum absolute atomic E-state index is 5.93. The fourth-order valence-electron chi connectivity index (χ4n) is 1.59. The lowest BCUT2D eigenvalue weighted by atomic mass is 10.0. The van der Waals surface area contributed by atoms with E-state index in [2.05, 4.69) is 20.9 Å². The van der Waals surface area contributed by atoms with E-state index < -0.39 is 0 Å². The number of halogens is 1. The quantitative estimate of drug-likeness (QED) is 0.873. The zero-order chi connectivity index (χ0) is 10.8. The van der Waals surface area contributed by atoms with E-state index >= 15 is 0 Å². The Kier molecular flexibility index (Phi) is 3.00. The molecule has 0 aliphatic carbocycles. The highest BCUT2D eigenvalue weighted by atomic mass is 79.9. The van der Waals surface area contributed by atoms with Gasteiger partial charge < -0.3 is 11.5 Å². The van der Waals surface area contributed by atoms with Gasteiger partial charge in [-0.3, -0.25) is 4.98 Å². The molecule has 0 fully saturated rings. The van der Waals surface area contributed by atoms with E-state index in [0.717, 1.165) is 20.9 Å². The summed E-state index contributed by atoms with van der Waals surface area (Å²) in [6.07, 6.45) is 1.77. The van der Waals surface area contributed by atoms with Crippen molar-refractivity contribution in [3.63, 3.8) is 0 Å². The molecule has 0 radical (unpaired) electrons. The fraction of sp³-hybridized carbons (Fsp3) is 0.182. The molecule has 1 aromatic heterocycles. The Morgan fingerprint density at radius 3 is 2.87 bits per heavy atom. The molecule has 3 nitrogen and oxygen atoms in total. The van der Waals surface area contributed by atoms with Crippen LogP contribution in [0.2, 0.25) is 0 Å². The molecular weight excluding hydrogens is 254 g/mol. The fourth-order valence-corrected chi connectivity index (χ4v) is 2.04. The second kappa shape index (κ2) is 4.26. The van der Waals surface area contributed by atoms with E-state index in [0.29, 0.717) is 6.54 Å². The number of benzene rings is 1. The highest BCUT2D eigenvalue weighted by Crippen LogP contribution is 2.27. The second-order valence-electron chi connectivity index (χ2n) is 3.38. The normalized spacial score (nSPS) is 13.0. The summed E-state index contributed by atoms with van der Waals surface area (Å²) in [5, 5.41) is 1.07. The standard InChI is InChI=1S/C11H12BrN3/c12-9-4-3-8(10(14)6-13)11-7(9)2-1-5-15-11/h1-5,10H,6,13-14H2. The molecular formula is C11H12BrN3. The molecule has 0 spiro atoms. The monoisotopic (exact) mass is 265 g/mol. The minimum Gasteiger partial charge on any atom is -0.329 e. The van der Waals surface area contributed by atoms with Gasteiger partial charge in [-0.15, -0.1) is 0 Å².